The van der Waals surface area contributed by atoms with Gasteiger partial charge in [0, 0.05) is 13.5 Å². The van der Waals surface area contributed by atoms with E-state index >= 15 is 0 Å². The molecule has 0 aromatic heterocycles. The van der Waals surface area contributed by atoms with Crippen LogP contribution in [-0.2, 0) is 4.79 Å². The van der Waals surface area contributed by atoms with Gasteiger partial charge in [0.25, 0.3) is 5.91 Å². The lowest BCUT2D eigenvalue weighted by Crippen LogP contribution is -2.21. The lowest BCUT2D eigenvalue weighted by Gasteiger charge is -2.11. The molecule has 0 saturated heterocycles. The minimum Gasteiger partial charge on any atom is -0.493 e. The number of carbonyl (C=O) groups excluding carboxylic acids is 2. The van der Waals surface area contributed by atoms with Crippen molar-refractivity contribution < 1.29 is 14.3 Å². The molecule has 0 atom stereocenters. The van der Waals surface area contributed by atoms with Gasteiger partial charge in [0.1, 0.15) is 5.75 Å². The maximum atomic E-state index is 12.1. The molecule has 126 valence electrons. The van der Waals surface area contributed by atoms with Gasteiger partial charge in [-0.15, -0.1) is 0 Å². The Labute approximate surface area is 142 Å². The highest BCUT2D eigenvalue weighted by atomic mass is 16.5. The van der Waals surface area contributed by atoms with Crippen LogP contribution in [0, 0.1) is 6.92 Å². The summed E-state index contributed by atoms with van der Waals surface area (Å²) in [6.45, 7) is 2.45. The number of para-hydroxylation sites is 2. The summed E-state index contributed by atoms with van der Waals surface area (Å²) in [7, 11) is 1.56. The standard InChI is InChI=1S/C19H22N2O3/c1-14-8-3-6-11-17(14)24-13-7-12-18(22)21-16-10-5-4-9-15(16)19(23)20-2/h3-6,8-11H,7,12-13H2,1-2H3,(H,20,23)(H,21,22). The summed E-state index contributed by atoms with van der Waals surface area (Å²) >= 11 is 0. The van der Waals surface area contributed by atoms with Gasteiger partial charge in [0.05, 0.1) is 17.9 Å². The van der Waals surface area contributed by atoms with Crippen LogP contribution in [0.25, 0.3) is 0 Å². The summed E-state index contributed by atoms with van der Waals surface area (Å²) in [5, 5.41) is 5.34. The van der Waals surface area contributed by atoms with E-state index in [1.807, 2.05) is 31.2 Å². The van der Waals surface area contributed by atoms with Crippen molar-refractivity contribution in [2.24, 2.45) is 0 Å². The molecule has 5 nitrogen and oxygen atoms in total. The van der Waals surface area contributed by atoms with Crippen molar-refractivity contribution in [2.45, 2.75) is 19.8 Å². The molecule has 5 heteroatoms. The number of aryl methyl sites for hydroxylation is 1. The average molecular weight is 326 g/mol. The summed E-state index contributed by atoms with van der Waals surface area (Å²) in [4.78, 5) is 23.8. The van der Waals surface area contributed by atoms with Gasteiger partial charge in [-0.2, -0.15) is 0 Å². The van der Waals surface area contributed by atoms with Gasteiger partial charge in [0.2, 0.25) is 5.91 Å². The first kappa shape index (κ1) is 17.5. The van der Waals surface area contributed by atoms with Crippen LogP contribution >= 0.6 is 0 Å². The Morgan fingerprint density at radius 1 is 1.04 bits per heavy atom. The molecular formula is C19H22N2O3. The second-order valence-corrected chi connectivity index (χ2v) is 5.39. The summed E-state index contributed by atoms with van der Waals surface area (Å²) in [6.07, 6.45) is 0.927. The number of nitrogens with one attached hydrogen (secondary N) is 2. The average Bonchev–Trinajstić information content (AvgIpc) is 2.60. The van der Waals surface area contributed by atoms with E-state index in [0.717, 1.165) is 11.3 Å². The van der Waals surface area contributed by atoms with Crippen molar-refractivity contribution in [3.05, 3.63) is 59.7 Å². The van der Waals surface area contributed by atoms with Gasteiger partial charge in [0.15, 0.2) is 0 Å². The number of amides is 2. The fraction of sp³-hybridized carbons (Fsp3) is 0.263. The SMILES string of the molecule is CNC(=O)c1ccccc1NC(=O)CCCOc1ccccc1C. The molecule has 0 spiro atoms. The molecule has 2 amide bonds. The van der Waals surface area contributed by atoms with E-state index in [2.05, 4.69) is 10.6 Å². The summed E-state index contributed by atoms with van der Waals surface area (Å²) < 4.78 is 5.67. The second kappa shape index (κ2) is 8.72. The zero-order valence-electron chi connectivity index (χ0n) is 14.0. The van der Waals surface area contributed by atoms with Crippen molar-refractivity contribution in [2.75, 3.05) is 19.0 Å². The van der Waals surface area contributed by atoms with Gasteiger partial charge in [-0.25, -0.2) is 0 Å². The number of hydrogen-bond acceptors (Lipinski definition) is 3. The molecular weight excluding hydrogens is 304 g/mol. The molecule has 2 aromatic rings. The Morgan fingerprint density at radius 3 is 2.50 bits per heavy atom. The second-order valence-electron chi connectivity index (χ2n) is 5.39. The third kappa shape index (κ3) is 4.84. The highest BCUT2D eigenvalue weighted by Gasteiger charge is 2.11. The summed E-state index contributed by atoms with van der Waals surface area (Å²) in [5.74, 6) is 0.469. The van der Waals surface area contributed by atoms with Crippen molar-refractivity contribution in [3.8, 4) is 5.75 Å². The minimum atomic E-state index is -0.228. The van der Waals surface area contributed by atoms with Crippen LogP contribution in [0.4, 0.5) is 5.69 Å². The van der Waals surface area contributed by atoms with Crippen LogP contribution < -0.4 is 15.4 Å². The molecule has 0 heterocycles. The van der Waals surface area contributed by atoms with E-state index in [9.17, 15) is 9.59 Å². The molecule has 2 rings (SSSR count). The van der Waals surface area contributed by atoms with Gasteiger partial charge in [-0.3, -0.25) is 9.59 Å². The lowest BCUT2D eigenvalue weighted by molar-refractivity contribution is -0.116. The molecule has 0 aliphatic heterocycles. The number of benzene rings is 2. The van der Waals surface area contributed by atoms with Crippen LogP contribution in [0.5, 0.6) is 5.75 Å². The van der Waals surface area contributed by atoms with Gasteiger partial charge >= 0.3 is 0 Å². The molecule has 0 unspecified atom stereocenters. The number of anilines is 1. The topological polar surface area (TPSA) is 67.4 Å². The summed E-state index contributed by atoms with van der Waals surface area (Å²) in [6, 6.07) is 14.7. The maximum absolute atomic E-state index is 12.1. The minimum absolute atomic E-state index is 0.139. The molecule has 24 heavy (non-hydrogen) atoms. The smallest absolute Gasteiger partial charge is 0.253 e. The monoisotopic (exact) mass is 326 g/mol. The Kier molecular flexibility index (Phi) is 6.37. The Morgan fingerprint density at radius 2 is 1.75 bits per heavy atom. The molecule has 2 N–H and O–H groups in total. The number of rotatable bonds is 7. The van der Waals surface area contributed by atoms with Crippen LogP contribution in [0.2, 0.25) is 0 Å². The van der Waals surface area contributed by atoms with E-state index in [0.29, 0.717) is 30.7 Å². The van der Waals surface area contributed by atoms with Crippen LogP contribution in [0.15, 0.2) is 48.5 Å². The van der Waals surface area contributed by atoms with Gasteiger partial charge in [-0.1, -0.05) is 30.3 Å². The first-order valence-corrected chi connectivity index (χ1v) is 7.91. The molecule has 0 aliphatic carbocycles. The van der Waals surface area contributed by atoms with E-state index in [1.54, 1.807) is 31.3 Å². The van der Waals surface area contributed by atoms with E-state index < -0.39 is 0 Å². The number of ether oxygens (including phenoxy) is 1. The van der Waals surface area contributed by atoms with Crippen molar-refractivity contribution in [1.29, 1.82) is 0 Å². The fourth-order valence-corrected chi connectivity index (χ4v) is 2.27. The molecule has 0 fully saturated rings. The predicted molar refractivity (Wildman–Crippen MR) is 94.4 cm³/mol. The molecule has 0 bridgehead atoms. The maximum Gasteiger partial charge on any atom is 0.253 e. The van der Waals surface area contributed by atoms with E-state index in [1.165, 1.54) is 0 Å². The van der Waals surface area contributed by atoms with Gasteiger partial charge in [-0.05, 0) is 37.1 Å². The zero-order chi connectivity index (χ0) is 17.4. The quantitative estimate of drug-likeness (QED) is 0.768. The van der Waals surface area contributed by atoms with E-state index in [-0.39, 0.29) is 11.8 Å². The number of carbonyl (C=O) groups is 2. The van der Waals surface area contributed by atoms with Crippen LogP contribution in [0.3, 0.4) is 0 Å². The van der Waals surface area contributed by atoms with E-state index in [4.69, 9.17) is 4.74 Å². The molecule has 0 radical (unpaired) electrons. The molecule has 2 aromatic carbocycles. The fourth-order valence-electron chi connectivity index (χ4n) is 2.27. The normalized spacial score (nSPS) is 10.1. The molecule has 0 saturated carbocycles. The highest BCUT2D eigenvalue weighted by Crippen LogP contribution is 2.17. The largest absolute Gasteiger partial charge is 0.493 e. The lowest BCUT2D eigenvalue weighted by atomic mass is 10.1. The van der Waals surface area contributed by atoms with Crippen LogP contribution in [0.1, 0.15) is 28.8 Å². The Hall–Kier alpha value is -2.82. The van der Waals surface area contributed by atoms with Gasteiger partial charge < -0.3 is 15.4 Å². The van der Waals surface area contributed by atoms with Crippen LogP contribution in [-0.4, -0.2) is 25.5 Å². The first-order chi connectivity index (χ1) is 11.6. The third-order valence-electron chi connectivity index (χ3n) is 3.57. The Balaban J connectivity index is 1.82. The molecule has 0 aliphatic rings. The predicted octanol–water partition coefficient (Wildman–Crippen LogP) is 3.15. The third-order valence-corrected chi connectivity index (χ3v) is 3.57. The summed E-state index contributed by atoms with van der Waals surface area (Å²) in [5.41, 5.74) is 2.03. The van der Waals surface area contributed by atoms with Crippen molar-refractivity contribution >= 4 is 17.5 Å². The number of hydrogen-bond donors (Lipinski definition) is 2. The Bertz CT molecular complexity index is 713. The van der Waals surface area contributed by atoms with Crippen molar-refractivity contribution in [1.82, 2.24) is 5.32 Å². The zero-order valence-corrected chi connectivity index (χ0v) is 14.0. The highest BCUT2D eigenvalue weighted by molar-refractivity contribution is 6.03. The first-order valence-electron chi connectivity index (χ1n) is 7.91. The van der Waals surface area contributed by atoms with Crippen molar-refractivity contribution in [3.63, 3.8) is 0 Å².